The molecule has 0 N–H and O–H groups in total. The topological polar surface area (TPSA) is 9.23 Å². The lowest BCUT2D eigenvalue weighted by Gasteiger charge is -2.44. The number of alkyl halides is 1. The Kier molecular flexibility index (Phi) is 8.39. The predicted molar refractivity (Wildman–Crippen MR) is 89.8 cm³/mol. The van der Waals surface area contributed by atoms with Crippen LogP contribution in [0.15, 0.2) is 0 Å². The molecule has 4 heteroatoms. The third-order valence-electron chi connectivity index (χ3n) is 4.59. The van der Waals surface area contributed by atoms with Gasteiger partial charge in [-0.05, 0) is 43.2 Å². The van der Waals surface area contributed by atoms with Crippen molar-refractivity contribution in [1.82, 2.24) is 0 Å². The summed E-state index contributed by atoms with van der Waals surface area (Å²) in [6.45, 7) is 16.6. The zero-order valence-corrected chi connectivity index (χ0v) is 16.2. The lowest BCUT2D eigenvalue weighted by molar-refractivity contribution is 0.480. The Morgan fingerprint density at radius 3 is 1.78 bits per heavy atom. The highest BCUT2D eigenvalue weighted by atomic mass is 35.5. The van der Waals surface area contributed by atoms with Crippen LogP contribution in [0, 0.1) is 0 Å². The van der Waals surface area contributed by atoms with E-state index in [0.717, 1.165) is 23.4 Å². The van der Waals surface area contributed by atoms with E-state index in [4.69, 9.17) is 15.7 Å². The molecule has 0 rings (SSSR count). The maximum absolute atomic E-state index is 6.85. The van der Waals surface area contributed by atoms with Crippen molar-refractivity contribution in [1.29, 1.82) is 0 Å². The number of hydrogen-bond donors (Lipinski definition) is 0. The van der Waals surface area contributed by atoms with Gasteiger partial charge < -0.3 is 4.12 Å². The third-order valence-corrected chi connectivity index (χ3v) is 15.1. The van der Waals surface area contributed by atoms with Crippen LogP contribution in [0.5, 0.6) is 0 Å². The van der Waals surface area contributed by atoms with Crippen LogP contribution in [0.2, 0.25) is 36.8 Å². The molecule has 2 atom stereocenters. The van der Waals surface area contributed by atoms with Gasteiger partial charge in [0, 0.05) is 5.88 Å². The second-order valence-electron chi connectivity index (χ2n) is 6.46. The van der Waals surface area contributed by atoms with Gasteiger partial charge in [0.1, 0.15) is 0 Å². The molecular formula is C14H33ClOSi2. The van der Waals surface area contributed by atoms with Crippen LogP contribution in [0.25, 0.3) is 0 Å². The lowest BCUT2D eigenvalue weighted by Crippen LogP contribution is -2.51. The Labute approximate surface area is 122 Å². The molecule has 0 spiro atoms. The van der Waals surface area contributed by atoms with Gasteiger partial charge in [0.05, 0.1) is 0 Å². The second-order valence-corrected chi connectivity index (χ2v) is 16.0. The second kappa shape index (κ2) is 8.08. The van der Waals surface area contributed by atoms with Crippen molar-refractivity contribution >= 4 is 28.2 Å². The first-order chi connectivity index (χ1) is 8.23. The highest BCUT2D eigenvalue weighted by Gasteiger charge is 2.43. The van der Waals surface area contributed by atoms with Crippen molar-refractivity contribution in [3.63, 3.8) is 0 Å². The Hall–Kier alpha value is 0.684. The average Bonchev–Trinajstić information content (AvgIpc) is 2.33. The van der Waals surface area contributed by atoms with Gasteiger partial charge in [-0.25, -0.2) is 0 Å². The molecule has 18 heavy (non-hydrogen) atoms. The van der Waals surface area contributed by atoms with Gasteiger partial charge in [0.15, 0.2) is 16.6 Å². The maximum Gasteiger partial charge on any atom is 0.182 e. The van der Waals surface area contributed by atoms with Crippen molar-refractivity contribution in [2.24, 2.45) is 0 Å². The van der Waals surface area contributed by atoms with Crippen LogP contribution in [0.3, 0.4) is 0 Å². The summed E-state index contributed by atoms with van der Waals surface area (Å²) in [6.07, 6.45) is 3.59. The summed E-state index contributed by atoms with van der Waals surface area (Å²) in [5.41, 5.74) is 1.49. The average molecular weight is 309 g/mol. The van der Waals surface area contributed by atoms with E-state index in [0.29, 0.717) is 0 Å². The summed E-state index contributed by atoms with van der Waals surface area (Å²) in [4.78, 5) is 0. The molecule has 0 aromatic heterocycles. The molecule has 0 fully saturated rings. The molecule has 0 aliphatic carbocycles. The minimum Gasteiger partial charge on any atom is -0.455 e. The van der Waals surface area contributed by atoms with E-state index in [1.165, 1.54) is 18.9 Å². The van der Waals surface area contributed by atoms with Crippen molar-refractivity contribution in [3.05, 3.63) is 0 Å². The predicted octanol–water partition coefficient (Wildman–Crippen LogP) is 6.01. The molecule has 0 radical (unpaired) electrons. The fourth-order valence-electron chi connectivity index (χ4n) is 2.64. The molecule has 0 saturated carbocycles. The first kappa shape index (κ1) is 18.7. The monoisotopic (exact) mass is 308 g/mol. The molecule has 0 aliphatic heterocycles. The zero-order chi connectivity index (χ0) is 14.4. The van der Waals surface area contributed by atoms with E-state index in [-0.39, 0.29) is 0 Å². The number of rotatable bonds is 9. The minimum atomic E-state index is -1.62. The standard InChI is InChI=1S/C14H33ClOSi2/c1-8-13(3)18(7,14(4)9-2)16-17(5,6)12-10-11-15/h13-14H,8-12H2,1-7H3. The van der Waals surface area contributed by atoms with Gasteiger partial charge in [-0.3, -0.25) is 0 Å². The van der Waals surface area contributed by atoms with E-state index in [2.05, 4.69) is 47.3 Å². The SMILES string of the molecule is CCC(C)[Si](C)(O[Si](C)(C)CCCCl)C(C)CC. The molecular weight excluding hydrogens is 276 g/mol. The van der Waals surface area contributed by atoms with Crippen LogP contribution in [0.4, 0.5) is 0 Å². The van der Waals surface area contributed by atoms with Crippen LogP contribution < -0.4 is 0 Å². The van der Waals surface area contributed by atoms with Crippen LogP contribution in [-0.4, -0.2) is 22.5 Å². The molecule has 1 nitrogen and oxygen atoms in total. The van der Waals surface area contributed by atoms with Crippen molar-refractivity contribution in [3.8, 4) is 0 Å². The summed E-state index contributed by atoms with van der Waals surface area (Å²) in [7, 11) is -3.16. The van der Waals surface area contributed by atoms with Crippen molar-refractivity contribution < 1.29 is 4.12 Å². The number of hydrogen-bond acceptors (Lipinski definition) is 1. The Balaban J connectivity index is 4.88. The third kappa shape index (κ3) is 5.35. The molecule has 110 valence electrons. The van der Waals surface area contributed by atoms with Crippen LogP contribution >= 0.6 is 11.6 Å². The molecule has 0 bridgehead atoms. The van der Waals surface area contributed by atoms with Crippen molar-refractivity contribution in [2.75, 3.05) is 5.88 Å². The van der Waals surface area contributed by atoms with E-state index in [1.54, 1.807) is 0 Å². The van der Waals surface area contributed by atoms with Gasteiger partial charge >= 0.3 is 0 Å². The number of halogens is 1. The molecule has 0 aliphatic rings. The quantitative estimate of drug-likeness (QED) is 0.374. The summed E-state index contributed by atoms with van der Waals surface area (Å²) in [5.74, 6) is 0.769. The van der Waals surface area contributed by atoms with E-state index >= 15 is 0 Å². The largest absolute Gasteiger partial charge is 0.455 e. The molecule has 0 heterocycles. The first-order valence-corrected chi connectivity index (χ1v) is 13.7. The maximum atomic E-state index is 6.85. The zero-order valence-electron chi connectivity index (χ0n) is 13.5. The van der Waals surface area contributed by atoms with Gasteiger partial charge in [-0.15, -0.1) is 11.6 Å². The van der Waals surface area contributed by atoms with Crippen LogP contribution in [0.1, 0.15) is 47.0 Å². The summed E-state index contributed by atoms with van der Waals surface area (Å²) < 4.78 is 6.85. The molecule has 2 unspecified atom stereocenters. The highest BCUT2D eigenvalue weighted by molar-refractivity contribution is 6.86. The fraction of sp³-hybridized carbons (Fsp3) is 1.00. The van der Waals surface area contributed by atoms with Gasteiger partial charge in [0.25, 0.3) is 0 Å². The lowest BCUT2D eigenvalue weighted by atomic mass is 10.3. The normalized spacial score (nSPS) is 19.3. The summed E-state index contributed by atoms with van der Waals surface area (Å²) >= 11 is 5.84. The van der Waals surface area contributed by atoms with Crippen LogP contribution in [-0.2, 0) is 4.12 Å². The van der Waals surface area contributed by atoms with Gasteiger partial charge in [0.2, 0.25) is 0 Å². The molecule has 0 saturated heterocycles. The Morgan fingerprint density at radius 2 is 1.44 bits per heavy atom. The highest BCUT2D eigenvalue weighted by Crippen LogP contribution is 2.40. The molecule has 0 amide bonds. The van der Waals surface area contributed by atoms with Crippen molar-refractivity contribution in [2.45, 2.75) is 83.7 Å². The summed E-state index contributed by atoms with van der Waals surface area (Å²) in [5, 5.41) is 0. The smallest absolute Gasteiger partial charge is 0.182 e. The van der Waals surface area contributed by atoms with E-state index < -0.39 is 16.6 Å². The molecule has 0 aromatic rings. The minimum absolute atomic E-state index is 0.746. The van der Waals surface area contributed by atoms with E-state index in [9.17, 15) is 0 Å². The van der Waals surface area contributed by atoms with Gasteiger partial charge in [-0.1, -0.05) is 40.5 Å². The Bertz CT molecular complexity index is 224. The van der Waals surface area contributed by atoms with Gasteiger partial charge in [-0.2, -0.15) is 0 Å². The first-order valence-electron chi connectivity index (χ1n) is 7.49. The fourth-order valence-corrected chi connectivity index (χ4v) is 13.4. The van der Waals surface area contributed by atoms with E-state index in [1.807, 2.05) is 0 Å². The summed E-state index contributed by atoms with van der Waals surface area (Å²) in [6, 6.07) is 1.20. The molecule has 0 aromatic carbocycles. The Morgan fingerprint density at radius 1 is 1.00 bits per heavy atom.